The van der Waals surface area contributed by atoms with E-state index in [1.807, 2.05) is 6.92 Å². The van der Waals surface area contributed by atoms with Crippen LogP contribution >= 0.6 is 0 Å². The van der Waals surface area contributed by atoms with Crippen molar-refractivity contribution in [3.63, 3.8) is 0 Å². The third-order valence-electron chi connectivity index (χ3n) is 5.04. The van der Waals surface area contributed by atoms with Crippen LogP contribution in [0, 0.1) is 0 Å². The summed E-state index contributed by atoms with van der Waals surface area (Å²) >= 11 is 0. The Morgan fingerprint density at radius 3 is 2.29 bits per heavy atom. The van der Waals surface area contributed by atoms with Crippen molar-refractivity contribution in [2.75, 3.05) is 0 Å². The first-order valence-corrected chi connectivity index (χ1v) is 10.2. The number of aromatic nitrogens is 2. The Morgan fingerprint density at radius 1 is 0.968 bits per heavy atom. The minimum absolute atomic E-state index is 0.250. The van der Waals surface area contributed by atoms with Crippen molar-refractivity contribution < 1.29 is 9.90 Å². The van der Waals surface area contributed by atoms with E-state index in [1.54, 1.807) is 6.33 Å². The molecule has 0 saturated carbocycles. The molecule has 0 atom stereocenters. The zero-order valence-corrected chi connectivity index (χ0v) is 17.7. The van der Waals surface area contributed by atoms with Crippen LogP contribution in [0.15, 0.2) is 85.2 Å². The number of hydrogen-bond acceptors (Lipinski definition) is 2. The summed E-state index contributed by atoms with van der Waals surface area (Å²) in [6.07, 6.45) is 6.90. The highest BCUT2D eigenvalue weighted by Crippen LogP contribution is 2.35. The number of carboxylic acid groups (broad SMARTS) is 1. The van der Waals surface area contributed by atoms with Crippen LogP contribution in [-0.2, 0) is 4.79 Å². The molecule has 0 bridgehead atoms. The first kappa shape index (κ1) is 21.8. The van der Waals surface area contributed by atoms with Gasteiger partial charge in [-0.05, 0) is 58.9 Å². The van der Waals surface area contributed by atoms with Crippen LogP contribution in [0.2, 0.25) is 0 Å². The standard InChI is InChI=1S/C26H24N2.CH2O2/c1-3-8-19-11-13-21(14-12-19)26(23(4-2)20-9-6-5-7-10-20)22-15-16-24-25(17-22)28-18-27-24;2-1-3/h3,5-18H,4H2,1-2H3,(H,27,28);1H,(H,2,3)/b8-3+,26-23+;. The fourth-order valence-electron chi connectivity index (χ4n) is 3.72. The van der Waals surface area contributed by atoms with Crippen LogP contribution in [-0.4, -0.2) is 21.5 Å². The molecule has 0 spiro atoms. The van der Waals surface area contributed by atoms with Gasteiger partial charge in [0.1, 0.15) is 0 Å². The van der Waals surface area contributed by atoms with E-state index in [0.717, 1.165) is 17.5 Å². The molecule has 0 amide bonds. The molecule has 0 aliphatic heterocycles. The van der Waals surface area contributed by atoms with Crippen molar-refractivity contribution in [3.05, 3.63) is 107 Å². The minimum Gasteiger partial charge on any atom is -0.483 e. The van der Waals surface area contributed by atoms with Gasteiger partial charge in [-0.25, -0.2) is 4.98 Å². The number of fused-ring (bicyclic) bond motifs is 1. The molecule has 0 saturated heterocycles. The number of carbonyl (C=O) groups is 1. The fourth-order valence-corrected chi connectivity index (χ4v) is 3.72. The lowest BCUT2D eigenvalue weighted by Gasteiger charge is -2.16. The van der Waals surface area contributed by atoms with Gasteiger partial charge in [-0.15, -0.1) is 0 Å². The largest absolute Gasteiger partial charge is 0.483 e. The average molecular weight is 411 g/mol. The number of H-pyrrole nitrogens is 1. The summed E-state index contributed by atoms with van der Waals surface area (Å²) in [5, 5.41) is 6.89. The van der Waals surface area contributed by atoms with E-state index in [2.05, 4.69) is 102 Å². The molecule has 1 heterocycles. The Kier molecular flexibility index (Phi) is 7.55. The van der Waals surface area contributed by atoms with Gasteiger partial charge in [0.25, 0.3) is 6.47 Å². The first-order valence-electron chi connectivity index (χ1n) is 10.2. The first-order chi connectivity index (χ1) is 15.2. The molecule has 0 unspecified atom stereocenters. The smallest absolute Gasteiger partial charge is 0.290 e. The number of nitrogens with zero attached hydrogens (tertiary/aromatic N) is 1. The van der Waals surface area contributed by atoms with E-state index in [1.165, 1.54) is 33.4 Å². The molecule has 0 aliphatic rings. The van der Waals surface area contributed by atoms with Crippen LogP contribution in [0.3, 0.4) is 0 Å². The van der Waals surface area contributed by atoms with Gasteiger partial charge in [-0.2, -0.15) is 0 Å². The summed E-state index contributed by atoms with van der Waals surface area (Å²) in [5.74, 6) is 0. The summed E-state index contributed by atoms with van der Waals surface area (Å²) in [6.45, 7) is 4.02. The second kappa shape index (κ2) is 10.7. The number of imidazole rings is 1. The second-order valence-corrected chi connectivity index (χ2v) is 6.94. The predicted octanol–water partition coefficient (Wildman–Crippen LogP) is 6.67. The van der Waals surface area contributed by atoms with Crippen molar-refractivity contribution in [3.8, 4) is 0 Å². The van der Waals surface area contributed by atoms with Gasteiger partial charge in [0, 0.05) is 0 Å². The molecule has 4 rings (SSSR count). The van der Waals surface area contributed by atoms with Crippen LogP contribution in [0.5, 0.6) is 0 Å². The minimum atomic E-state index is -0.250. The summed E-state index contributed by atoms with van der Waals surface area (Å²) in [7, 11) is 0. The maximum Gasteiger partial charge on any atom is 0.290 e. The third-order valence-corrected chi connectivity index (χ3v) is 5.04. The van der Waals surface area contributed by atoms with Crippen molar-refractivity contribution >= 4 is 34.7 Å². The molecule has 1 aromatic heterocycles. The highest BCUT2D eigenvalue weighted by molar-refractivity contribution is 6.00. The third kappa shape index (κ3) is 5.17. The molecule has 0 aliphatic carbocycles. The van der Waals surface area contributed by atoms with Gasteiger partial charge in [0.15, 0.2) is 0 Å². The van der Waals surface area contributed by atoms with Crippen LogP contribution < -0.4 is 0 Å². The summed E-state index contributed by atoms with van der Waals surface area (Å²) in [6, 6.07) is 26.0. The normalized spacial score (nSPS) is 11.7. The number of aromatic amines is 1. The van der Waals surface area contributed by atoms with E-state index in [9.17, 15) is 0 Å². The Hall–Kier alpha value is -3.92. The van der Waals surface area contributed by atoms with E-state index in [0.29, 0.717) is 0 Å². The second-order valence-electron chi connectivity index (χ2n) is 6.94. The fraction of sp³-hybridized carbons (Fsp3) is 0.111. The molecule has 0 radical (unpaired) electrons. The number of benzene rings is 3. The zero-order chi connectivity index (χ0) is 22.1. The Labute approximate surface area is 182 Å². The van der Waals surface area contributed by atoms with Gasteiger partial charge in [-0.1, -0.05) is 79.7 Å². The van der Waals surface area contributed by atoms with E-state index < -0.39 is 0 Å². The van der Waals surface area contributed by atoms with E-state index in [-0.39, 0.29) is 6.47 Å². The van der Waals surface area contributed by atoms with Crippen molar-refractivity contribution in [2.45, 2.75) is 20.3 Å². The molecule has 0 fully saturated rings. The van der Waals surface area contributed by atoms with Crippen LogP contribution in [0.1, 0.15) is 42.5 Å². The highest BCUT2D eigenvalue weighted by atomic mass is 16.3. The quantitative estimate of drug-likeness (QED) is 0.285. The van der Waals surface area contributed by atoms with Gasteiger partial charge < -0.3 is 10.1 Å². The molecule has 4 nitrogen and oxygen atoms in total. The maximum absolute atomic E-state index is 8.36. The Morgan fingerprint density at radius 2 is 1.65 bits per heavy atom. The van der Waals surface area contributed by atoms with Gasteiger partial charge in [0.05, 0.1) is 17.4 Å². The van der Waals surface area contributed by atoms with Crippen LogP contribution in [0.4, 0.5) is 0 Å². The van der Waals surface area contributed by atoms with Crippen molar-refractivity contribution in [1.82, 2.24) is 9.97 Å². The molecule has 4 aromatic rings. The Balaban J connectivity index is 0.000000858. The Bertz CT molecular complexity index is 1190. The molecule has 31 heavy (non-hydrogen) atoms. The number of hydrogen-bond donors (Lipinski definition) is 2. The van der Waals surface area contributed by atoms with Gasteiger partial charge in [-0.3, -0.25) is 4.79 Å². The molecule has 2 N–H and O–H groups in total. The number of allylic oxidation sites excluding steroid dienone is 2. The van der Waals surface area contributed by atoms with Gasteiger partial charge in [0.2, 0.25) is 0 Å². The summed E-state index contributed by atoms with van der Waals surface area (Å²) in [5.41, 5.74) is 9.59. The summed E-state index contributed by atoms with van der Waals surface area (Å²) < 4.78 is 0. The molecule has 156 valence electrons. The topological polar surface area (TPSA) is 66.0 Å². The highest BCUT2D eigenvalue weighted by Gasteiger charge is 2.14. The van der Waals surface area contributed by atoms with E-state index in [4.69, 9.17) is 9.90 Å². The van der Waals surface area contributed by atoms with Crippen LogP contribution in [0.25, 0.3) is 28.3 Å². The maximum atomic E-state index is 8.36. The predicted molar refractivity (Wildman–Crippen MR) is 129 cm³/mol. The lowest BCUT2D eigenvalue weighted by atomic mass is 9.88. The lowest BCUT2D eigenvalue weighted by molar-refractivity contribution is -0.122. The molecular formula is C27H26N2O2. The summed E-state index contributed by atoms with van der Waals surface area (Å²) in [4.78, 5) is 16.0. The monoisotopic (exact) mass is 410 g/mol. The molecule has 3 aromatic carbocycles. The van der Waals surface area contributed by atoms with Crippen molar-refractivity contribution in [1.29, 1.82) is 0 Å². The SMILES string of the molecule is C/C=C/c1ccc(/C(=C(/CC)c2ccccc2)c2ccc3nc[nH]c3c2)cc1.O=CO. The zero-order valence-electron chi connectivity index (χ0n) is 17.7. The molecular weight excluding hydrogens is 384 g/mol. The van der Waals surface area contributed by atoms with Crippen molar-refractivity contribution in [2.24, 2.45) is 0 Å². The number of nitrogens with one attached hydrogen (secondary N) is 1. The van der Waals surface area contributed by atoms with E-state index >= 15 is 0 Å². The number of rotatable bonds is 5. The lowest BCUT2D eigenvalue weighted by Crippen LogP contribution is -1.95. The average Bonchev–Trinajstić information content (AvgIpc) is 3.27. The van der Waals surface area contributed by atoms with Gasteiger partial charge >= 0.3 is 0 Å². The molecule has 4 heteroatoms.